The molecule has 0 aromatic carbocycles. The molecule has 4 heterocycles. The van der Waals surface area contributed by atoms with Crippen LogP contribution in [-0.2, 0) is 6.18 Å². The van der Waals surface area contributed by atoms with E-state index in [-0.39, 0.29) is 5.65 Å². The highest BCUT2D eigenvalue weighted by molar-refractivity contribution is 7.13. The van der Waals surface area contributed by atoms with Gasteiger partial charge in [0.2, 0.25) is 0 Å². The monoisotopic (exact) mass is 383 g/mol. The van der Waals surface area contributed by atoms with Crippen LogP contribution in [0.5, 0.6) is 0 Å². The summed E-state index contributed by atoms with van der Waals surface area (Å²) in [5, 5.41) is 14.1. The molecule has 0 atom stereocenters. The van der Waals surface area contributed by atoms with Crippen molar-refractivity contribution in [1.29, 1.82) is 0 Å². The van der Waals surface area contributed by atoms with Crippen molar-refractivity contribution in [3.63, 3.8) is 0 Å². The maximum atomic E-state index is 13.2. The van der Waals surface area contributed by atoms with Crippen LogP contribution in [0.25, 0.3) is 5.65 Å². The van der Waals surface area contributed by atoms with Gasteiger partial charge in [0.05, 0.1) is 0 Å². The third-order valence-corrected chi connectivity index (χ3v) is 5.42. The molecule has 0 amide bonds. The Bertz CT molecular complexity index is 927. The first kappa shape index (κ1) is 17.0. The number of hydrogen-bond donors (Lipinski definition) is 0. The van der Waals surface area contributed by atoms with Gasteiger partial charge in [0.1, 0.15) is 0 Å². The lowest BCUT2D eigenvalue weighted by Gasteiger charge is -2.36. The summed E-state index contributed by atoms with van der Waals surface area (Å²) in [6, 6.07) is 0. The Labute approximate surface area is 151 Å². The first-order valence-corrected chi connectivity index (χ1v) is 8.93. The van der Waals surface area contributed by atoms with Gasteiger partial charge in [0, 0.05) is 48.9 Å². The molecule has 0 aliphatic carbocycles. The van der Waals surface area contributed by atoms with E-state index in [1.165, 1.54) is 0 Å². The predicted octanol–water partition coefficient (Wildman–Crippen LogP) is 2.54. The van der Waals surface area contributed by atoms with Crippen molar-refractivity contribution in [2.75, 3.05) is 36.0 Å². The summed E-state index contributed by atoms with van der Waals surface area (Å²) in [5.41, 5.74) is 1.61. The van der Waals surface area contributed by atoms with Gasteiger partial charge in [0.25, 0.3) is 5.82 Å². The molecular weight excluding hydrogens is 367 g/mol. The summed E-state index contributed by atoms with van der Waals surface area (Å²) in [6.45, 7) is 6.38. The van der Waals surface area contributed by atoms with Crippen LogP contribution in [-0.4, -0.2) is 51.0 Å². The van der Waals surface area contributed by atoms with E-state index in [4.69, 9.17) is 0 Å². The number of aryl methyl sites for hydroxylation is 1. The van der Waals surface area contributed by atoms with E-state index < -0.39 is 12.0 Å². The van der Waals surface area contributed by atoms with Crippen LogP contribution in [0, 0.1) is 13.8 Å². The van der Waals surface area contributed by atoms with Crippen molar-refractivity contribution in [3.8, 4) is 0 Å². The summed E-state index contributed by atoms with van der Waals surface area (Å²) in [4.78, 5) is 8.48. The molecule has 1 aliphatic rings. The van der Waals surface area contributed by atoms with E-state index in [9.17, 15) is 13.2 Å². The zero-order valence-electron chi connectivity index (χ0n) is 14.2. The van der Waals surface area contributed by atoms with Gasteiger partial charge in [0.15, 0.2) is 16.6 Å². The van der Waals surface area contributed by atoms with Crippen LogP contribution in [0.1, 0.15) is 17.0 Å². The maximum Gasteiger partial charge on any atom is 0.453 e. The van der Waals surface area contributed by atoms with Crippen LogP contribution in [0.15, 0.2) is 11.6 Å². The van der Waals surface area contributed by atoms with E-state index in [1.54, 1.807) is 24.5 Å². The van der Waals surface area contributed by atoms with Crippen molar-refractivity contribution in [2.24, 2.45) is 0 Å². The third-order valence-electron chi connectivity index (χ3n) is 4.59. The Hall–Kier alpha value is -2.43. The van der Waals surface area contributed by atoms with Gasteiger partial charge in [-0.15, -0.1) is 26.6 Å². The quantitative estimate of drug-likeness (QED) is 0.678. The summed E-state index contributed by atoms with van der Waals surface area (Å²) in [6.07, 6.45) is -2.84. The number of aromatic nitrogens is 5. The number of nitrogens with zero attached hydrogens (tertiary/aromatic N) is 7. The second-order valence-electron chi connectivity index (χ2n) is 6.12. The maximum absolute atomic E-state index is 13.2. The van der Waals surface area contributed by atoms with Crippen molar-refractivity contribution < 1.29 is 13.2 Å². The Morgan fingerprint density at radius 3 is 2.31 bits per heavy atom. The van der Waals surface area contributed by atoms with Crippen LogP contribution in [0.3, 0.4) is 0 Å². The molecular formula is C15H16F3N7S. The number of anilines is 2. The molecule has 1 aliphatic heterocycles. The summed E-state index contributed by atoms with van der Waals surface area (Å²) >= 11 is 1.57. The van der Waals surface area contributed by atoms with E-state index in [0.29, 0.717) is 24.5 Å². The molecule has 7 nitrogen and oxygen atoms in total. The predicted molar refractivity (Wildman–Crippen MR) is 91.8 cm³/mol. The van der Waals surface area contributed by atoms with Gasteiger partial charge in [-0.3, -0.25) is 0 Å². The molecule has 3 aromatic heterocycles. The fraction of sp³-hybridized carbons (Fsp3) is 0.467. The van der Waals surface area contributed by atoms with Gasteiger partial charge in [-0.05, 0) is 13.8 Å². The summed E-state index contributed by atoms with van der Waals surface area (Å²) < 4.78 is 40.3. The molecule has 11 heteroatoms. The van der Waals surface area contributed by atoms with Crippen molar-refractivity contribution >= 4 is 27.9 Å². The zero-order chi connectivity index (χ0) is 18.5. The van der Waals surface area contributed by atoms with Gasteiger partial charge < -0.3 is 9.80 Å². The first-order valence-electron chi connectivity index (χ1n) is 8.05. The normalized spacial score (nSPS) is 15.9. The minimum absolute atomic E-state index is 0.139. The van der Waals surface area contributed by atoms with Crippen molar-refractivity contribution in [1.82, 2.24) is 24.8 Å². The van der Waals surface area contributed by atoms with Crippen LogP contribution in [0.4, 0.5) is 24.1 Å². The molecule has 0 bridgehead atoms. The van der Waals surface area contributed by atoms with Crippen LogP contribution < -0.4 is 9.80 Å². The molecule has 0 spiro atoms. The van der Waals surface area contributed by atoms with Gasteiger partial charge in [-0.1, -0.05) is 0 Å². The zero-order valence-corrected chi connectivity index (χ0v) is 15.0. The Balaban J connectivity index is 1.67. The standard InChI is InChI=1S/C15H16F3N7S/c1-9-10(2)12(22-25-11(9)20-21-13(25)15(16,17)18)23-4-6-24(7-5-23)14-19-3-8-26-14/h3,8H,4-7H2,1-2H3. The largest absolute Gasteiger partial charge is 0.453 e. The van der Waals surface area contributed by atoms with E-state index in [2.05, 4.69) is 25.2 Å². The highest BCUT2D eigenvalue weighted by atomic mass is 32.1. The lowest BCUT2D eigenvalue weighted by molar-refractivity contribution is -0.146. The average Bonchev–Trinajstić information content (AvgIpc) is 3.27. The molecule has 1 fully saturated rings. The van der Waals surface area contributed by atoms with Crippen LogP contribution in [0.2, 0.25) is 0 Å². The number of hydrogen-bond acceptors (Lipinski definition) is 7. The second-order valence-corrected chi connectivity index (χ2v) is 6.99. The molecule has 26 heavy (non-hydrogen) atoms. The number of halogens is 3. The SMILES string of the molecule is Cc1c(N2CCN(c3nccs3)CC2)nn2c(C(F)(F)F)nnc2c1C. The molecule has 0 unspecified atom stereocenters. The van der Waals surface area contributed by atoms with E-state index in [0.717, 1.165) is 28.3 Å². The Morgan fingerprint density at radius 1 is 1.00 bits per heavy atom. The second kappa shape index (κ2) is 6.08. The fourth-order valence-electron chi connectivity index (χ4n) is 3.07. The minimum Gasteiger partial charge on any atom is -0.351 e. The highest BCUT2D eigenvalue weighted by Gasteiger charge is 2.38. The third kappa shape index (κ3) is 2.75. The minimum atomic E-state index is -4.60. The Kier molecular flexibility index (Phi) is 3.98. The van der Waals surface area contributed by atoms with Gasteiger partial charge >= 0.3 is 6.18 Å². The fourth-order valence-corrected chi connectivity index (χ4v) is 3.77. The molecule has 0 N–H and O–H groups in total. The van der Waals surface area contributed by atoms with Crippen molar-refractivity contribution in [2.45, 2.75) is 20.0 Å². The highest BCUT2D eigenvalue weighted by Crippen LogP contribution is 2.31. The Morgan fingerprint density at radius 2 is 1.69 bits per heavy atom. The lowest BCUT2D eigenvalue weighted by atomic mass is 10.1. The average molecular weight is 383 g/mol. The molecule has 3 aromatic rings. The number of thiazole rings is 1. The topological polar surface area (TPSA) is 62.5 Å². The molecule has 1 saturated heterocycles. The van der Waals surface area contributed by atoms with Gasteiger partial charge in [-0.2, -0.15) is 17.7 Å². The van der Waals surface area contributed by atoms with Crippen molar-refractivity contribution in [3.05, 3.63) is 28.5 Å². The number of piperazine rings is 1. The first-order chi connectivity index (χ1) is 12.4. The number of fused-ring (bicyclic) bond motifs is 1. The molecule has 0 saturated carbocycles. The van der Waals surface area contributed by atoms with E-state index in [1.807, 2.05) is 17.2 Å². The lowest BCUT2D eigenvalue weighted by Crippen LogP contribution is -2.47. The number of rotatable bonds is 2. The molecule has 138 valence electrons. The summed E-state index contributed by atoms with van der Waals surface area (Å²) in [5.74, 6) is -0.558. The van der Waals surface area contributed by atoms with Crippen LogP contribution >= 0.6 is 11.3 Å². The molecule has 4 rings (SSSR count). The summed E-state index contributed by atoms with van der Waals surface area (Å²) in [7, 11) is 0. The number of alkyl halides is 3. The van der Waals surface area contributed by atoms with E-state index >= 15 is 0 Å². The van der Waals surface area contributed by atoms with Gasteiger partial charge in [-0.25, -0.2) is 4.98 Å². The molecule has 0 radical (unpaired) electrons. The smallest absolute Gasteiger partial charge is 0.351 e.